The van der Waals surface area contributed by atoms with Gasteiger partial charge in [0.25, 0.3) is 11.8 Å². The Bertz CT molecular complexity index is 1770. The molecule has 46 heavy (non-hydrogen) atoms. The van der Waals surface area contributed by atoms with Crippen molar-refractivity contribution in [2.45, 2.75) is 31.8 Å². The summed E-state index contributed by atoms with van der Waals surface area (Å²) in [7, 11) is -3.74. The monoisotopic (exact) mass is 642 g/mol. The zero-order valence-electron chi connectivity index (χ0n) is 25.7. The smallest absolute Gasteiger partial charge is 0.256 e. The van der Waals surface area contributed by atoms with Gasteiger partial charge < -0.3 is 20.7 Å². The Labute approximate surface area is 269 Å². The second-order valence-corrected chi connectivity index (χ2v) is 13.2. The Morgan fingerprint density at radius 1 is 1.07 bits per heavy atom. The van der Waals surface area contributed by atoms with E-state index in [1.807, 2.05) is 0 Å². The molecule has 2 aliphatic heterocycles. The molecule has 0 aromatic heterocycles. The molecule has 1 fully saturated rings. The van der Waals surface area contributed by atoms with E-state index in [2.05, 4.69) is 15.2 Å². The minimum Gasteiger partial charge on any atom is -0.489 e. The normalized spacial score (nSPS) is 15.4. The van der Waals surface area contributed by atoms with Gasteiger partial charge in [-0.05, 0) is 48.4 Å². The van der Waals surface area contributed by atoms with Crippen molar-refractivity contribution in [1.82, 2.24) is 10.2 Å². The van der Waals surface area contributed by atoms with E-state index in [9.17, 15) is 18.0 Å². The zero-order chi connectivity index (χ0) is 32.7. The quantitative estimate of drug-likeness (QED) is 0.224. The van der Waals surface area contributed by atoms with Crippen LogP contribution < -0.4 is 20.1 Å². The van der Waals surface area contributed by atoms with Crippen molar-refractivity contribution in [2.75, 3.05) is 36.7 Å². The predicted molar refractivity (Wildman–Crippen MR) is 180 cm³/mol. The number of amides is 2. The van der Waals surface area contributed by atoms with Gasteiger partial charge in [0.1, 0.15) is 17.7 Å². The summed E-state index contributed by atoms with van der Waals surface area (Å²) in [5.74, 6) is 0.335. The molecule has 0 radical (unpaired) electrons. The first-order valence-corrected chi connectivity index (χ1v) is 17.0. The van der Waals surface area contributed by atoms with E-state index >= 15 is 0 Å². The van der Waals surface area contributed by atoms with Crippen molar-refractivity contribution in [3.63, 3.8) is 0 Å². The van der Waals surface area contributed by atoms with Gasteiger partial charge in [-0.3, -0.25) is 24.3 Å². The lowest BCUT2D eigenvalue weighted by atomic mass is 10.1. The largest absolute Gasteiger partial charge is 0.489 e. The summed E-state index contributed by atoms with van der Waals surface area (Å²) in [5.41, 5.74) is 7.74. The third-order valence-electron chi connectivity index (χ3n) is 7.90. The first-order valence-electron chi connectivity index (χ1n) is 15.2. The molecule has 3 aromatic rings. The summed E-state index contributed by atoms with van der Waals surface area (Å²) in [5, 5.41) is 10.9. The van der Waals surface area contributed by atoms with Crippen molar-refractivity contribution >= 4 is 45.3 Å². The summed E-state index contributed by atoms with van der Waals surface area (Å²) in [6, 6.07) is 20.3. The highest BCUT2D eigenvalue weighted by Crippen LogP contribution is 2.29. The first-order chi connectivity index (χ1) is 22.1. The minimum absolute atomic E-state index is 0.0218. The number of likely N-dealkylation sites (tertiary alicyclic amines) is 1. The molecule has 0 saturated carbocycles. The van der Waals surface area contributed by atoms with Crippen molar-refractivity contribution < 1.29 is 22.7 Å². The standard InChI is InChI=1S/C34H38N6O5S/c1-46(43,44)40(19-7-9-24-8-5-12-26(22-24)32(35)38-34(42)25-10-3-2-4-11-25)27-14-15-30(29(23-27)33(36)41)45-28-16-20-39(21-17-28)31-13-6-18-37-31/h2-5,7-12,14-15,22-23,28H,6,13,16-21H2,1H3,(H2,36,41)(H2,35,38,42)/b9-7+. The van der Waals surface area contributed by atoms with E-state index in [4.69, 9.17) is 15.9 Å². The molecule has 0 atom stereocenters. The summed E-state index contributed by atoms with van der Waals surface area (Å²) < 4.78 is 33.0. The molecule has 2 amide bonds. The first kappa shape index (κ1) is 32.4. The van der Waals surface area contributed by atoms with E-state index in [0.717, 1.165) is 57.4 Å². The van der Waals surface area contributed by atoms with Crippen LogP contribution >= 0.6 is 0 Å². The molecule has 240 valence electrons. The molecule has 4 N–H and O–H groups in total. The number of hydrogen-bond donors (Lipinski definition) is 3. The predicted octanol–water partition coefficient (Wildman–Crippen LogP) is 4.06. The maximum absolute atomic E-state index is 12.8. The maximum atomic E-state index is 12.8. The Balaban J connectivity index is 1.25. The van der Waals surface area contributed by atoms with Gasteiger partial charge in [-0.1, -0.05) is 48.6 Å². The van der Waals surface area contributed by atoms with Crippen LogP contribution in [0.4, 0.5) is 5.69 Å². The molecule has 0 bridgehead atoms. The zero-order valence-corrected chi connectivity index (χ0v) is 26.5. The fourth-order valence-corrected chi connectivity index (χ4v) is 6.38. The number of primary amides is 1. The van der Waals surface area contributed by atoms with Gasteiger partial charge in [-0.15, -0.1) is 0 Å². The summed E-state index contributed by atoms with van der Waals surface area (Å²) in [6.07, 6.45) is 8.05. The molecular formula is C34H38N6O5S. The summed E-state index contributed by atoms with van der Waals surface area (Å²) in [4.78, 5) is 31.8. The molecule has 5 rings (SSSR count). The number of nitrogens with zero attached hydrogens (tertiary/aromatic N) is 3. The summed E-state index contributed by atoms with van der Waals surface area (Å²) in [6.45, 7) is 2.52. The number of nitrogens with one attached hydrogen (secondary N) is 2. The lowest BCUT2D eigenvalue weighted by Gasteiger charge is -2.34. The van der Waals surface area contributed by atoms with Crippen molar-refractivity contribution in [3.8, 4) is 5.75 Å². The SMILES string of the molecule is CS(=O)(=O)N(C/C=C/c1cccc(C(=N)NC(=O)c2ccccc2)c1)c1ccc(OC2CCN(C3=NCCC3)CC2)c(C(N)=O)c1. The van der Waals surface area contributed by atoms with Gasteiger partial charge in [0.05, 0.1) is 29.9 Å². The van der Waals surface area contributed by atoms with Gasteiger partial charge in [0.15, 0.2) is 0 Å². The third-order valence-corrected chi connectivity index (χ3v) is 9.06. The number of benzene rings is 3. The summed E-state index contributed by atoms with van der Waals surface area (Å²) >= 11 is 0. The van der Waals surface area contributed by atoms with Crippen molar-refractivity contribution in [1.29, 1.82) is 5.41 Å². The highest BCUT2D eigenvalue weighted by Gasteiger charge is 2.26. The number of amidine groups is 2. The van der Waals surface area contributed by atoms with Gasteiger partial charge in [-0.25, -0.2) is 8.42 Å². The van der Waals surface area contributed by atoms with Gasteiger partial charge in [0, 0.05) is 50.0 Å². The Hall–Kier alpha value is -4.97. The topological polar surface area (TPSA) is 158 Å². The van der Waals surface area contributed by atoms with E-state index in [0.29, 0.717) is 22.4 Å². The van der Waals surface area contributed by atoms with E-state index in [1.165, 1.54) is 10.4 Å². The lowest BCUT2D eigenvalue weighted by Crippen LogP contribution is -2.41. The van der Waals surface area contributed by atoms with Crippen molar-refractivity contribution in [3.05, 3.63) is 101 Å². The molecule has 1 saturated heterocycles. The number of carbonyl (C=O) groups is 2. The van der Waals surface area contributed by atoms with Crippen LogP contribution in [0.5, 0.6) is 5.75 Å². The highest BCUT2D eigenvalue weighted by atomic mass is 32.2. The molecule has 2 heterocycles. The third kappa shape index (κ3) is 8.19. The number of sulfonamides is 1. The van der Waals surface area contributed by atoms with Gasteiger partial charge in [0.2, 0.25) is 10.0 Å². The average molecular weight is 643 g/mol. The van der Waals surface area contributed by atoms with Gasteiger partial charge in [-0.2, -0.15) is 0 Å². The molecule has 0 spiro atoms. The van der Waals surface area contributed by atoms with Crippen LogP contribution in [0.1, 0.15) is 57.5 Å². The average Bonchev–Trinajstić information content (AvgIpc) is 3.59. The molecular weight excluding hydrogens is 604 g/mol. The fourth-order valence-electron chi connectivity index (χ4n) is 5.52. The second-order valence-electron chi connectivity index (χ2n) is 11.3. The number of anilines is 1. The van der Waals surface area contributed by atoms with Crippen LogP contribution in [0, 0.1) is 5.41 Å². The van der Waals surface area contributed by atoms with Crippen LogP contribution in [0.3, 0.4) is 0 Å². The fraction of sp³-hybridized carbons (Fsp3) is 0.294. The second kappa shape index (κ2) is 14.4. The number of nitrogens with two attached hydrogens (primary N) is 1. The Morgan fingerprint density at radius 2 is 1.80 bits per heavy atom. The van der Waals surface area contributed by atoms with Crippen LogP contribution in [-0.4, -0.2) is 75.3 Å². The van der Waals surface area contributed by atoms with Crippen molar-refractivity contribution in [2.24, 2.45) is 10.7 Å². The van der Waals surface area contributed by atoms with Crippen LogP contribution in [0.2, 0.25) is 0 Å². The van der Waals surface area contributed by atoms with Crippen LogP contribution in [-0.2, 0) is 10.0 Å². The Kier molecular flexibility index (Phi) is 10.2. The number of ether oxygens (including phenoxy) is 1. The number of rotatable bonds is 10. The molecule has 12 heteroatoms. The van der Waals surface area contributed by atoms with E-state index in [1.54, 1.807) is 78.9 Å². The lowest BCUT2D eigenvalue weighted by molar-refractivity contribution is 0.0970. The van der Waals surface area contributed by atoms with E-state index < -0.39 is 15.9 Å². The number of hydrogen-bond acceptors (Lipinski definition) is 8. The van der Waals surface area contributed by atoms with Crippen LogP contribution in [0.15, 0.2) is 83.9 Å². The number of carbonyl (C=O) groups excluding carboxylic acids is 2. The molecule has 3 aromatic carbocycles. The van der Waals surface area contributed by atoms with Crippen LogP contribution in [0.25, 0.3) is 6.08 Å². The maximum Gasteiger partial charge on any atom is 0.256 e. The Morgan fingerprint density at radius 3 is 2.48 bits per heavy atom. The van der Waals surface area contributed by atoms with E-state index in [-0.39, 0.29) is 35.6 Å². The molecule has 0 aliphatic carbocycles. The molecule has 11 nitrogen and oxygen atoms in total. The highest BCUT2D eigenvalue weighted by molar-refractivity contribution is 7.92. The number of aliphatic imine (C=N–C) groups is 1. The molecule has 0 unspecified atom stereocenters. The minimum atomic E-state index is -3.74. The van der Waals surface area contributed by atoms with Gasteiger partial charge >= 0.3 is 0 Å². The number of piperidine rings is 1. The molecule has 2 aliphatic rings.